The maximum Gasteiger partial charge on any atom is 0.140 e. The molecule has 0 fully saturated rings. The lowest BCUT2D eigenvalue weighted by Crippen LogP contribution is -2.43. The molecule has 0 aliphatic heterocycles. The number of hydrogen-bond acceptors (Lipinski definition) is 5. The van der Waals surface area contributed by atoms with E-state index in [1.807, 2.05) is 33.0 Å². The fraction of sp³-hybridized carbons (Fsp3) is 0.545. The van der Waals surface area contributed by atoms with E-state index in [0.29, 0.717) is 5.82 Å². The topological polar surface area (TPSA) is 74.4 Å². The predicted molar refractivity (Wildman–Crippen MR) is 64.7 cm³/mol. The Morgan fingerprint density at radius 2 is 2.25 bits per heavy atom. The van der Waals surface area contributed by atoms with E-state index >= 15 is 0 Å². The molecule has 16 heavy (non-hydrogen) atoms. The van der Waals surface area contributed by atoms with Crippen molar-refractivity contribution in [2.45, 2.75) is 25.9 Å². The van der Waals surface area contributed by atoms with Gasteiger partial charge in [-0.15, -0.1) is 0 Å². The molecule has 1 rings (SSSR count). The first-order valence-electron chi connectivity index (χ1n) is 5.23. The number of nitrogen functional groups attached to an aromatic ring is 1. The first kappa shape index (κ1) is 12.9. The van der Waals surface area contributed by atoms with Gasteiger partial charge in [0.2, 0.25) is 0 Å². The van der Waals surface area contributed by atoms with Gasteiger partial charge in [0.1, 0.15) is 5.82 Å². The first-order chi connectivity index (χ1) is 7.49. The molecule has 0 saturated carbocycles. The number of nitrogens with two attached hydrogens (primary N) is 1. The van der Waals surface area contributed by atoms with Gasteiger partial charge in [-0.05, 0) is 38.6 Å². The number of likely N-dealkylation sites (N-methyl/N-ethyl adjacent to an activating group) is 1. The van der Waals surface area contributed by atoms with Gasteiger partial charge in [-0.2, -0.15) is 0 Å². The highest BCUT2D eigenvalue weighted by molar-refractivity contribution is 5.35. The Balaban J connectivity index is 2.72. The number of hydrazine groups is 1. The number of aliphatic hydroxyl groups excluding tert-OH is 1. The molecule has 90 valence electrons. The second-order valence-electron chi connectivity index (χ2n) is 4.52. The van der Waals surface area contributed by atoms with Gasteiger partial charge in [0, 0.05) is 18.3 Å². The molecule has 1 heterocycles. The van der Waals surface area contributed by atoms with Crippen LogP contribution in [0.2, 0.25) is 0 Å². The normalized spacial score (nSPS) is 11.9. The number of anilines is 1. The summed E-state index contributed by atoms with van der Waals surface area (Å²) in [5.74, 6) is 5.94. The number of hydrogen-bond donors (Lipinski definition) is 3. The van der Waals surface area contributed by atoms with Crippen LogP contribution in [0.4, 0.5) is 5.82 Å². The Hall–Kier alpha value is -1.17. The largest absolute Gasteiger partial charge is 0.394 e. The minimum absolute atomic E-state index is 0.122. The average molecular weight is 224 g/mol. The SMILES string of the molecule is CN(Cc1ccnc(NN)c1)C(C)(C)CO. The molecule has 4 N–H and O–H groups in total. The summed E-state index contributed by atoms with van der Waals surface area (Å²) < 4.78 is 0. The zero-order valence-electron chi connectivity index (χ0n) is 10.1. The zero-order chi connectivity index (χ0) is 12.2. The van der Waals surface area contributed by atoms with Crippen LogP contribution < -0.4 is 11.3 Å². The van der Waals surface area contributed by atoms with Crippen LogP contribution in [0.15, 0.2) is 18.3 Å². The van der Waals surface area contributed by atoms with E-state index in [4.69, 9.17) is 5.84 Å². The molecule has 5 heteroatoms. The Bertz CT molecular complexity index is 341. The molecule has 0 unspecified atom stereocenters. The number of nitrogens with one attached hydrogen (secondary N) is 1. The highest BCUT2D eigenvalue weighted by Gasteiger charge is 2.22. The summed E-state index contributed by atoms with van der Waals surface area (Å²) in [5.41, 5.74) is 3.38. The van der Waals surface area contributed by atoms with Crippen molar-refractivity contribution in [3.8, 4) is 0 Å². The molecule has 0 atom stereocenters. The van der Waals surface area contributed by atoms with Crippen molar-refractivity contribution in [1.29, 1.82) is 0 Å². The van der Waals surface area contributed by atoms with Crippen LogP contribution >= 0.6 is 0 Å². The lowest BCUT2D eigenvalue weighted by Gasteiger charge is -2.33. The smallest absolute Gasteiger partial charge is 0.140 e. The van der Waals surface area contributed by atoms with Gasteiger partial charge in [0.25, 0.3) is 0 Å². The number of nitrogens with zero attached hydrogens (tertiary/aromatic N) is 2. The summed E-state index contributed by atoms with van der Waals surface area (Å²) in [4.78, 5) is 6.13. The van der Waals surface area contributed by atoms with Crippen LogP contribution in [-0.4, -0.2) is 34.2 Å². The van der Waals surface area contributed by atoms with Crippen LogP contribution in [0.5, 0.6) is 0 Å². The molecule has 0 aliphatic rings. The van der Waals surface area contributed by atoms with E-state index in [9.17, 15) is 5.11 Å². The van der Waals surface area contributed by atoms with Crippen LogP contribution in [0.25, 0.3) is 0 Å². The van der Waals surface area contributed by atoms with E-state index < -0.39 is 0 Å². The fourth-order valence-electron chi connectivity index (χ4n) is 1.26. The van der Waals surface area contributed by atoms with Gasteiger partial charge in [0.15, 0.2) is 0 Å². The summed E-state index contributed by atoms with van der Waals surface area (Å²) in [7, 11) is 1.98. The minimum Gasteiger partial charge on any atom is -0.394 e. The molecule has 5 nitrogen and oxygen atoms in total. The predicted octanol–water partition coefficient (Wildman–Crippen LogP) is 0.570. The summed E-state index contributed by atoms with van der Waals surface area (Å²) in [6.07, 6.45) is 1.71. The highest BCUT2D eigenvalue weighted by atomic mass is 16.3. The third-order valence-electron chi connectivity index (χ3n) is 2.81. The van der Waals surface area contributed by atoms with E-state index in [1.54, 1.807) is 6.20 Å². The lowest BCUT2D eigenvalue weighted by molar-refractivity contribution is 0.0734. The van der Waals surface area contributed by atoms with Crippen LogP contribution in [0, 0.1) is 0 Å². The maximum absolute atomic E-state index is 9.26. The minimum atomic E-state index is -0.237. The Labute approximate surface area is 96.3 Å². The number of rotatable bonds is 5. The van der Waals surface area contributed by atoms with Crippen LogP contribution in [-0.2, 0) is 6.54 Å². The molecular formula is C11H20N4O. The van der Waals surface area contributed by atoms with Crippen molar-refractivity contribution in [2.75, 3.05) is 19.1 Å². The quantitative estimate of drug-likeness (QED) is 0.503. The number of aliphatic hydroxyl groups is 1. The van der Waals surface area contributed by atoms with E-state index in [-0.39, 0.29) is 12.1 Å². The summed E-state index contributed by atoms with van der Waals surface area (Å²) in [5, 5.41) is 9.26. The Morgan fingerprint density at radius 1 is 1.56 bits per heavy atom. The van der Waals surface area contributed by atoms with E-state index in [1.165, 1.54) is 0 Å². The summed E-state index contributed by atoms with van der Waals surface area (Å²) in [6, 6.07) is 3.83. The van der Waals surface area contributed by atoms with Gasteiger partial charge in [-0.25, -0.2) is 10.8 Å². The Morgan fingerprint density at radius 3 is 2.81 bits per heavy atom. The van der Waals surface area contributed by atoms with Crippen molar-refractivity contribution in [1.82, 2.24) is 9.88 Å². The number of pyridine rings is 1. The third-order valence-corrected chi connectivity index (χ3v) is 2.81. The molecule has 0 aromatic carbocycles. The fourth-order valence-corrected chi connectivity index (χ4v) is 1.26. The molecule has 1 aromatic heterocycles. The van der Waals surface area contributed by atoms with Gasteiger partial charge in [-0.1, -0.05) is 0 Å². The average Bonchev–Trinajstić information content (AvgIpc) is 2.29. The lowest BCUT2D eigenvalue weighted by atomic mass is 10.0. The third kappa shape index (κ3) is 3.16. The van der Waals surface area contributed by atoms with Gasteiger partial charge in [0.05, 0.1) is 6.61 Å². The second-order valence-corrected chi connectivity index (χ2v) is 4.52. The van der Waals surface area contributed by atoms with E-state index in [2.05, 4.69) is 15.3 Å². The van der Waals surface area contributed by atoms with Gasteiger partial charge < -0.3 is 10.5 Å². The number of aromatic nitrogens is 1. The molecule has 0 spiro atoms. The Kier molecular flexibility index (Phi) is 4.23. The zero-order valence-corrected chi connectivity index (χ0v) is 10.1. The first-order valence-corrected chi connectivity index (χ1v) is 5.23. The van der Waals surface area contributed by atoms with Crippen molar-refractivity contribution in [3.63, 3.8) is 0 Å². The van der Waals surface area contributed by atoms with E-state index in [0.717, 1.165) is 12.1 Å². The van der Waals surface area contributed by atoms with Gasteiger partial charge >= 0.3 is 0 Å². The summed E-state index contributed by atoms with van der Waals surface area (Å²) in [6.45, 7) is 4.86. The standard InChI is InChI=1S/C11H20N4O/c1-11(2,8-16)15(3)7-9-4-5-13-10(6-9)14-12/h4-6,16H,7-8,12H2,1-3H3,(H,13,14). The highest BCUT2D eigenvalue weighted by Crippen LogP contribution is 2.16. The van der Waals surface area contributed by atoms with Crippen molar-refractivity contribution in [3.05, 3.63) is 23.9 Å². The molecule has 0 saturated heterocycles. The van der Waals surface area contributed by atoms with Crippen molar-refractivity contribution in [2.24, 2.45) is 5.84 Å². The molecule has 0 radical (unpaired) electrons. The van der Waals surface area contributed by atoms with Crippen molar-refractivity contribution >= 4 is 5.82 Å². The molecule has 0 bridgehead atoms. The van der Waals surface area contributed by atoms with Crippen molar-refractivity contribution < 1.29 is 5.11 Å². The molecular weight excluding hydrogens is 204 g/mol. The summed E-state index contributed by atoms with van der Waals surface area (Å²) >= 11 is 0. The second kappa shape index (κ2) is 5.25. The molecule has 0 aliphatic carbocycles. The van der Waals surface area contributed by atoms with Crippen LogP contribution in [0.3, 0.4) is 0 Å². The molecule has 1 aromatic rings. The molecule has 0 amide bonds. The monoisotopic (exact) mass is 224 g/mol. The maximum atomic E-state index is 9.26. The van der Waals surface area contributed by atoms with Crippen LogP contribution in [0.1, 0.15) is 19.4 Å². The van der Waals surface area contributed by atoms with Gasteiger partial charge in [-0.3, -0.25) is 4.90 Å².